The number of benzene rings is 2. The van der Waals surface area contributed by atoms with E-state index in [1.54, 1.807) is 24.3 Å². The molecule has 0 aliphatic rings. The van der Waals surface area contributed by atoms with E-state index in [0.717, 1.165) is 6.21 Å². The third-order valence-corrected chi connectivity index (χ3v) is 4.71. The molecule has 13 heteroatoms. The van der Waals surface area contributed by atoms with Crippen molar-refractivity contribution in [1.82, 2.24) is 30.7 Å². The minimum Gasteiger partial charge on any atom is -0.494 e. The van der Waals surface area contributed by atoms with E-state index in [1.807, 2.05) is 6.92 Å². The molecule has 33 heavy (non-hydrogen) atoms. The highest BCUT2D eigenvalue weighted by Crippen LogP contribution is 2.28. The van der Waals surface area contributed by atoms with Crippen molar-refractivity contribution >= 4 is 29.5 Å². The normalized spacial score (nSPS) is 11.1. The quantitative estimate of drug-likeness (QED) is 0.309. The van der Waals surface area contributed by atoms with Crippen molar-refractivity contribution in [2.24, 2.45) is 5.10 Å². The molecule has 0 fully saturated rings. The number of aromatic nitrogens is 5. The van der Waals surface area contributed by atoms with Gasteiger partial charge in [0.25, 0.3) is 5.91 Å². The summed E-state index contributed by atoms with van der Waals surface area (Å²) in [6, 6.07) is 11.0. The van der Waals surface area contributed by atoms with Crippen molar-refractivity contribution in [3.63, 3.8) is 0 Å². The van der Waals surface area contributed by atoms with Crippen molar-refractivity contribution in [2.45, 2.75) is 6.92 Å². The Morgan fingerprint density at radius 2 is 2.09 bits per heavy atom. The minimum absolute atomic E-state index is 0.0244. The Labute approximate surface area is 190 Å². The lowest BCUT2D eigenvalue weighted by Crippen LogP contribution is -2.19. The molecule has 11 nitrogen and oxygen atoms in total. The molecule has 2 aromatic heterocycles. The van der Waals surface area contributed by atoms with Crippen LogP contribution in [0.4, 0.5) is 10.2 Å². The van der Waals surface area contributed by atoms with Crippen LogP contribution in [0.5, 0.6) is 5.75 Å². The summed E-state index contributed by atoms with van der Waals surface area (Å²) in [4.78, 5) is 12.9. The van der Waals surface area contributed by atoms with Crippen LogP contribution in [0.2, 0.25) is 5.02 Å². The SMILES string of the molecule is CCOc1ccc(-c2c(C(=O)N/N=C/c3c(F)cccc3Cl)nnn2-c2nonc2N)cc1. The highest BCUT2D eigenvalue weighted by atomic mass is 35.5. The summed E-state index contributed by atoms with van der Waals surface area (Å²) in [5, 5.41) is 19.1. The van der Waals surface area contributed by atoms with E-state index in [-0.39, 0.29) is 33.6 Å². The molecule has 0 atom stereocenters. The van der Waals surface area contributed by atoms with Gasteiger partial charge in [0.2, 0.25) is 11.6 Å². The molecule has 0 bridgehead atoms. The Morgan fingerprint density at radius 3 is 2.76 bits per heavy atom. The molecule has 0 spiro atoms. The summed E-state index contributed by atoms with van der Waals surface area (Å²) in [6.45, 7) is 2.36. The number of nitrogens with one attached hydrogen (secondary N) is 1. The fourth-order valence-corrected chi connectivity index (χ4v) is 3.11. The number of hydrazone groups is 1. The van der Waals surface area contributed by atoms with Crippen LogP contribution in [0.25, 0.3) is 17.1 Å². The van der Waals surface area contributed by atoms with E-state index < -0.39 is 11.7 Å². The highest BCUT2D eigenvalue weighted by Gasteiger charge is 2.25. The molecular weight excluding hydrogens is 455 g/mol. The van der Waals surface area contributed by atoms with Gasteiger partial charge in [-0.1, -0.05) is 22.9 Å². The predicted octanol–water partition coefficient (Wildman–Crippen LogP) is 2.85. The molecule has 0 radical (unpaired) electrons. The number of amides is 1. The van der Waals surface area contributed by atoms with Gasteiger partial charge in [0, 0.05) is 11.1 Å². The molecule has 2 aromatic carbocycles. The molecule has 0 saturated carbocycles. The number of hydrogen-bond donors (Lipinski definition) is 2. The van der Waals surface area contributed by atoms with Crippen LogP contribution >= 0.6 is 11.6 Å². The monoisotopic (exact) mass is 470 g/mol. The average Bonchev–Trinajstić information content (AvgIpc) is 3.42. The molecule has 4 aromatic rings. The number of carbonyl (C=O) groups is 1. The number of ether oxygens (including phenoxy) is 1. The third kappa shape index (κ3) is 4.50. The first-order chi connectivity index (χ1) is 16.0. The number of carbonyl (C=O) groups excluding carboxylic acids is 1. The van der Waals surface area contributed by atoms with Gasteiger partial charge in [0.15, 0.2) is 5.69 Å². The van der Waals surface area contributed by atoms with Crippen LogP contribution in [0.1, 0.15) is 23.0 Å². The molecule has 168 valence electrons. The topological polar surface area (TPSA) is 146 Å². The van der Waals surface area contributed by atoms with Crippen LogP contribution in [-0.4, -0.2) is 44.0 Å². The maximum Gasteiger partial charge on any atom is 0.294 e. The number of anilines is 1. The molecule has 2 heterocycles. The van der Waals surface area contributed by atoms with Crippen LogP contribution in [0.15, 0.2) is 52.2 Å². The van der Waals surface area contributed by atoms with Gasteiger partial charge in [-0.15, -0.1) is 5.10 Å². The molecule has 1 amide bonds. The van der Waals surface area contributed by atoms with Gasteiger partial charge >= 0.3 is 0 Å². The van der Waals surface area contributed by atoms with E-state index in [4.69, 9.17) is 22.1 Å². The van der Waals surface area contributed by atoms with Gasteiger partial charge in [-0.3, -0.25) is 4.79 Å². The van der Waals surface area contributed by atoms with Crippen molar-refractivity contribution in [2.75, 3.05) is 12.3 Å². The molecular formula is C20H16ClFN8O3. The second-order valence-corrected chi connectivity index (χ2v) is 6.87. The summed E-state index contributed by atoms with van der Waals surface area (Å²) in [6.07, 6.45) is 1.09. The van der Waals surface area contributed by atoms with Crippen LogP contribution in [-0.2, 0) is 0 Å². The zero-order chi connectivity index (χ0) is 23.4. The van der Waals surface area contributed by atoms with Gasteiger partial charge in [-0.25, -0.2) is 14.4 Å². The molecule has 0 saturated heterocycles. The second-order valence-electron chi connectivity index (χ2n) is 6.46. The molecule has 0 aliphatic carbocycles. The van der Waals surface area contributed by atoms with Crippen molar-refractivity contribution < 1.29 is 18.6 Å². The summed E-state index contributed by atoms with van der Waals surface area (Å²) in [5.41, 5.74) is 8.81. The van der Waals surface area contributed by atoms with Crippen LogP contribution < -0.4 is 15.9 Å². The van der Waals surface area contributed by atoms with Crippen LogP contribution in [0.3, 0.4) is 0 Å². The maximum atomic E-state index is 13.9. The number of halogens is 2. The van der Waals surface area contributed by atoms with Gasteiger partial charge in [-0.05, 0) is 53.6 Å². The Kier molecular flexibility index (Phi) is 6.26. The second kappa shape index (κ2) is 9.44. The minimum atomic E-state index is -0.719. The van der Waals surface area contributed by atoms with Gasteiger partial charge in [-0.2, -0.15) is 9.78 Å². The fraction of sp³-hybridized carbons (Fsp3) is 0.100. The Morgan fingerprint density at radius 1 is 1.30 bits per heavy atom. The summed E-state index contributed by atoms with van der Waals surface area (Å²) in [7, 11) is 0. The summed E-state index contributed by atoms with van der Waals surface area (Å²) in [5.74, 6) is -0.669. The number of nitrogens with zero attached hydrogens (tertiary/aromatic N) is 6. The third-order valence-electron chi connectivity index (χ3n) is 4.38. The average molecular weight is 471 g/mol. The van der Waals surface area contributed by atoms with E-state index in [0.29, 0.717) is 17.9 Å². The summed E-state index contributed by atoms with van der Waals surface area (Å²) < 4.78 is 25.2. The van der Waals surface area contributed by atoms with Gasteiger partial charge in [0.05, 0.1) is 17.8 Å². The van der Waals surface area contributed by atoms with E-state index in [2.05, 4.69) is 35.8 Å². The smallest absolute Gasteiger partial charge is 0.294 e. The molecule has 0 unspecified atom stereocenters. The standard InChI is InChI=1S/C20H16ClFN8O3/c1-2-32-12-8-6-11(7-9-12)17-16(25-29-30(17)19-18(23)27-33-28-19)20(31)26-24-10-13-14(21)4-3-5-15(13)22/h3-10H,2H2,1H3,(H2,23,27)(H,26,31)/b24-10+. The first-order valence-electron chi connectivity index (χ1n) is 9.54. The van der Waals surface area contributed by atoms with Crippen molar-refractivity contribution in [1.29, 1.82) is 0 Å². The number of nitrogen functional groups attached to an aromatic ring is 1. The van der Waals surface area contributed by atoms with Gasteiger partial charge < -0.3 is 10.5 Å². The fourth-order valence-electron chi connectivity index (χ4n) is 2.90. The first kappa shape index (κ1) is 21.9. The van der Waals surface area contributed by atoms with E-state index in [9.17, 15) is 9.18 Å². The zero-order valence-corrected chi connectivity index (χ0v) is 17.8. The predicted molar refractivity (Wildman–Crippen MR) is 117 cm³/mol. The van der Waals surface area contributed by atoms with Crippen LogP contribution in [0, 0.1) is 5.82 Å². The Hall–Kier alpha value is -4.32. The van der Waals surface area contributed by atoms with Gasteiger partial charge in [0.1, 0.15) is 17.3 Å². The maximum absolute atomic E-state index is 13.9. The lowest BCUT2D eigenvalue weighted by atomic mass is 10.1. The van der Waals surface area contributed by atoms with E-state index in [1.165, 1.54) is 22.9 Å². The zero-order valence-electron chi connectivity index (χ0n) is 17.1. The lowest BCUT2D eigenvalue weighted by molar-refractivity contribution is 0.0950. The first-order valence-corrected chi connectivity index (χ1v) is 9.92. The number of nitrogens with two attached hydrogens (primary N) is 1. The Bertz CT molecular complexity index is 1300. The Balaban J connectivity index is 1.69. The number of rotatable bonds is 7. The molecule has 0 aliphatic heterocycles. The summed E-state index contributed by atoms with van der Waals surface area (Å²) >= 11 is 5.96. The number of hydrogen-bond acceptors (Lipinski definition) is 9. The highest BCUT2D eigenvalue weighted by molar-refractivity contribution is 6.33. The van der Waals surface area contributed by atoms with Crippen molar-refractivity contribution in [3.05, 3.63) is 64.6 Å². The molecule has 4 rings (SSSR count). The van der Waals surface area contributed by atoms with E-state index >= 15 is 0 Å². The largest absolute Gasteiger partial charge is 0.494 e. The van der Waals surface area contributed by atoms with Crippen molar-refractivity contribution in [3.8, 4) is 22.8 Å². The lowest BCUT2D eigenvalue weighted by Gasteiger charge is -2.07. The molecule has 3 N–H and O–H groups in total.